The number of aliphatic carboxylic acids is 1. The standard InChI is InChI=1S/C26H50N2O3/c1-2-3-4-5-6-7-8-9-10-11-12-13-14-15-16-17-18-22-25(29)28-23-20-19-21-24(27)26(30)31/h2,24H,1,3-23,27H2,(H,28,29)(H,30,31)/t24-/m0/s1. The number of carbonyl (C=O) groups is 2. The predicted molar refractivity (Wildman–Crippen MR) is 131 cm³/mol. The second-order valence-electron chi connectivity index (χ2n) is 8.92. The molecule has 0 aromatic heterocycles. The molecule has 0 aromatic rings. The highest BCUT2D eigenvalue weighted by Crippen LogP contribution is 2.14. The maximum atomic E-state index is 11.8. The fourth-order valence-corrected chi connectivity index (χ4v) is 3.80. The van der Waals surface area contributed by atoms with Crippen molar-refractivity contribution in [2.24, 2.45) is 5.73 Å². The Morgan fingerprint density at radius 1 is 0.742 bits per heavy atom. The smallest absolute Gasteiger partial charge is 0.320 e. The van der Waals surface area contributed by atoms with Crippen LogP contribution >= 0.6 is 0 Å². The molecule has 0 aromatic carbocycles. The van der Waals surface area contributed by atoms with Crippen LogP contribution in [0.5, 0.6) is 0 Å². The quantitative estimate of drug-likeness (QED) is 0.118. The number of allylic oxidation sites excluding steroid dienone is 1. The average Bonchev–Trinajstić information content (AvgIpc) is 2.75. The molecule has 1 atom stereocenters. The SMILES string of the molecule is C=CCCCCCCCCCCCCCCCCCC(=O)NCCCC[C@H](N)C(=O)O. The first-order valence-corrected chi connectivity index (χ1v) is 12.9. The predicted octanol–water partition coefficient (Wildman–Crippen LogP) is 6.50. The van der Waals surface area contributed by atoms with Gasteiger partial charge in [0.25, 0.3) is 0 Å². The van der Waals surface area contributed by atoms with Gasteiger partial charge < -0.3 is 16.2 Å². The van der Waals surface area contributed by atoms with E-state index in [9.17, 15) is 9.59 Å². The summed E-state index contributed by atoms with van der Waals surface area (Å²) in [7, 11) is 0. The summed E-state index contributed by atoms with van der Waals surface area (Å²) in [5.41, 5.74) is 5.45. The molecule has 0 heterocycles. The zero-order valence-corrected chi connectivity index (χ0v) is 20.1. The van der Waals surface area contributed by atoms with Gasteiger partial charge in [-0.15, -0.1) is 6.58 Å². The average molecular weight is 439 g/mol. The van der Waals surface area contributed by atoms with Gasteiger partial charge in [0.15, 0.2) is 0 Å². The lowest BCUT2D eigenvalue weighted by atomic mass is 10.0. The van der Waals surface area contributed by atoms with Crippen LogP contribution in [0.4, 0.5) is 0 Å². The van der Waals surface area contributed by atoms with Crippen LogP contribution in [0.15, 0.2) is 12.7 Å². The van der Waals surface area contributed by atoms with E-state index >= 15 is 0 Å². The van der Waals surface area contributed by atoms with Gasteiger partial charge in [0.1, 0.15) is 6.04 Å². The fraction of sp³-hybridized carbons (Fsp3) is 0.846. The minimum Gasteiger partial charge on any atom is -0.480 e. The van der Waals surface area contributed by atoms with Crippen molar-refractivity contribution in [1.29, 1.82) is 0 Å². The summed E-state index contributed by atoms with van der Waals surface area (Å²) in [6.07, 6.45) is 25.5. The number of nitrogens with one attached hydrogen (secondary N) is 1. The van der Waals surface area contributed by atoms with Crippen LogP contribution in [0.3, 0.4) is 0 Å². The van der Waals surface area contributed by atoms with Crippen LogP contribution < -0.4 is 11.1 Å². The Hall–Kier alpha value is -1.36. The van der Waals surface area contributed by atoms with Crippen LogP contribution in [-0.4, -0.2) is 29.6 Å². The number of rotatable bonds is 24. The molecular formula is C26H50N2O3. The molecule has 182 valence electrons. The molecule has 0 bridgehead atoms. The summed E-state index contributed by atoms with van der Waals surface area (Å²) in [5, 5.41) is 11.6. The van der Waals surface area contributed by atoms with Crippen molar-refractivity contribution < 1.29 is 14.7 Å². The van der Waals surface area contributed by atoms with Crippen LogP contribution in [-0.2, 0) is 9.59 Å². The highest BCUT2D eigenvalue weighted by Gasteiger charge is 2.10. The van der Waals surface area contributed by atoms with E-state index in [1.807, 2.05) is 6.08 Å². The molecule has 0 aliphatic heterocycles. The van der Waals surface area contributed by atoms with Crippen molar-refractivity contribution in [3.05, 3.63) is 12.7 Å². The Kier molecular flexibility index (Phi) is 22.3. The van der Waals surface area contributed by atoms with E-state index in [4.69, 9.17) is 10.8 Å². The maximum absolute atomic E-state index is 11.8. The number of hydrogen-bond donors (Lipinski definition) is 3. The highest BCUT2D eigenvalue weighted by atomic mass is 16.4. The van der Waals surface area contributed by atoms with Gasteiger partial charge in [0, 0.05) is 13.0 Å². The van der Waals surface area contributed by atoms with Crippen molar-refractivity contribution in [2.45, 2.75) is 134 Å². The van der Waals surface area contributed by atoms with E-state index in [1.54, 1.807) is 0 Å². The molecule has 0 aliphatic rings. The molecule has 4 N–H and O–H groups in total. The summed E-state index contributed by atoms with van der Waals surface area (Å²) in [6, 6.07) is -0.789. The molecular weight excluding hydrogens is 388 g/mol. The lowest BCUT2D eigenvalue weighted by molar-refractivity contribution is -0.138. The lowest BCUT2D eigenvalue weighted by Crippen LogP contribution is -2.30. The third-order valence-electron chi connectivity index (χ3n) is 5.89. The Morgan fingerprint density at radius 3 is 1.65 bits per heavy atom. The van der Waals surface area contributed by atoms with E-state index in [-0.39, 0.29) is 5.91 Å². The molecule has 31 heavy (non-hydrogen) atoms. The minimum absolute atomic E-state index is 0.110. The third-order valence-corrected chi connectivity index (χ3v) is 5.89. The molecule has 1 amide bonds. The van der Waals surface area contributed by atoms with E-state index < -0.39 is 12.0 Å². The van der Waals surface area contributed by atoms with Crippen LogP contribution in [0.2, 0.25) is 0 Å². The van der Waals surface area contributed by atoms with Crippen LogP contribution in [0, 0.1) is 0 Å². The number of carboxylic acids is 1. The zero-order valence-electron chi connectivity index (χ0n) is 20.1. The van der Waals surface area contributed by atoms with Gasteiger partial charge in [0.2, 0.25) is 5.91 Å². The van der Waals surface area contributed by atoms with E-state index in [0.29, 0.717) is 19.4 Å². The first kappa shape index (κ1) is 29.6. The van der Waals surface area contributed by atoms with Crippen LogP contribution in [0.1, 0.15) is 128 Å². The van der Waals surface area contributed by atoms with E-state index in [0.717, 1.165) is 25.7 Å². The largest absolute Gasteiger partial charge is 0.480 e. The van der Waals surface area contributed by atoms with Crippen molar-refractivity contribution in [1.82, 2.24) is 5.32 Å². The summed E-state index contributed by atoms with van der Waals surface area (Å²) in [6.45, 7) is 4.38. The van der Waals surface area contributed by atoms with Crippen molar-refractivity contribution >= 4 is 11.9 Å². The molecule has 0 saturated heterocycles. The van der Waals surface area contributed by atoms with Gasteiger partial charge in [-0.25, -0.2) is 0 Å². The van der Waals surface area contributed by atoms with Gasteiger partial charge in [-0.2, -0.15) is 0 Å². The molecule has 5 heteroatoms. The molecule has 5 nitrogen and oxygen atoms in total. The van der Waals surface area contributed by atoms with Gasteiger partial charge in [-0.05, 0) is 38.5 Å². The minimum atomic E-state index is -0.958. The topological polar surface area (TPSA) is 92.4 Å². The second kappa shape index (κ2) is 23.3. The van der Waals surface area contributed by atoms with Crippen molar-refractivity contribution in [3.8, 4) is 0 Å². The summed E-state index contributed by atoms with van der Waals surface area (Å²) < 4.78 is 0. The van der Waals surface area contributed by atoms with Gasteiger partial charge >= 0.3 is 5.97 Å². The number of carbonyl (C=O) groups excluding carboxylic acids is 1. The van der Waals surface area contributed by atoms with Crippen molar-refractivity contribution in [2.75, 3.05) is 6.54 Å². The first-order chi connectivity index (χ1) is 15.1. The van der Waals surface area contributed by atoms with Gasteiger partial charge in [-0.3, -0.25) is 9.59 Å². The Bertz CT molecular complexity index is 440. The summed E-state index contributed by atoms with van der Waals surface area (Å²) >= 11 is 0. The Labute approximate surface area is 191 Å². The molecule has 0 aliphatic carbocycles. The highest BCUT2D eigenvalue weighted by molar-refractivity contribution is 5.75. The third kappa shape index (κ3) is 23.1. The first-order valence-electron chi connectivity index (χ1n) is 12.9. The number of unbranched alkanes of at least 4 members (excludes halogenated alkanes) is 16. The van der Waals surface area contributed by atoms with Crippen LogP contribution in [0.25, 0.3) is 0 Å². The van der Waals surface area contributed by atoms with Gasteiger partial charge in [-0.1, -0.05) is 89.5 Å². The maximum Gasteiger partial charge on any atom is 0.320 e. The molecule has 0 unspecified atom stereocenters. The molecule has 0 radical (unpaired) electrons. The van der Waals surface area contributed by atoms with Crippen molar-refractivity contribution in [3.63, 3.8) is 0 Å². The summed E-state index contributed by atoms with van der Waals surface area (Å²) in [5.74, 6) is -0.847. The number of hydrogen-bond acceptors (Lipinski definition) is 3. The molecule has 0 fully saturated rings. The Balaban J connectivity index is 3.19. The van der Waals surface area contributed by atoms with E-state index in [2.05, 4.69) is 11.9 Å². The molecule has 0 saturated carbocycles. The Morgan fingerprint density at radius 2 is 1.19 bits per heavy atom. The van der Waals surface area contributed by atoms with E-state index in [1.165, 1.54) is 89.9 Å². The number of amides is 1. The molecule has 0 spiro atoms. The summed E-state index contributed by atoms with van der Waals surface area (Å²) in [4.78, 5) is 22.4. The normalized spacial score (nSPS) is 11.9. The second-order valence-corrected chi connectivity index (χ2v) is 8.92. The van der Waals surface area contributed by atoms with Gasteiger partial charge in [0.05, 0.1) is 0 Å². The lowest BCUT2D eigenvalue weighted by Gasteiger charge is -2.07. The number of nitrogens with two attached hydrogens (primary N) is 1. The fourth-order valence-electron chi connectivity index (χ4n) is 3.80. The zero-order chi connectivity index (χ0) is 23.0. The monoisotopic (exact) mass is 438 g/mol. The molecule has 0 rings (SSSR count). The number of carboxylic acid groups (broad SMARTS) is 1.